The van der Waals surface area contributed by atoms with Crippen molar-refractivity contribution in [1.82, 2.24) is 9.71 Å². The normalized spacial score (nSPS) is 10.5. The maximum atomic E-state index is 14.1. The van der Waals surface area contributed by atoms with Crippen LogP contribution < -0.4 is 4.74 Å². The number of fused-ring (bicyclic) bond motifs is 1. The van der Waals surface area contributed by atoms with E-state index in [0.29, 0.717) is 21.1 Å². The Morgan fingerprint density at radius 1 is 1.38 bits per heavy atom. The summed E-state index contributed by atoms with van der Waals surface area (Å²) in [6, 6.07) is 7.61. The van der Waals surface area contributed by atoms with Crippen molar-refractivity contribution in [3.63, 3.8) is 0 Å². The van der Waals surface area contributed by atoms with Gasteiger partial charge in [-0.25, -0.2) is 9.37 Å². The van der Waals surface area contributed by atoms with E-state index in [0.717, 1.165) is 4.73 Å². The Balaban J connectivity index is 2.10. The molecule has 0 bridgehead atoms. The Morgan fingerprint density at radius 2 is 2.19 bits per heavy atom. The number of aromatic nitrogens is 2. The molecule has 7 heteroatoms. The second kappa shape index (κ2) is 5.07. The Hall–Kier alpha value is -2.59. The highest BCUT2D eigenvalue weighted by molar-refractivity contribution is 9.10. The molecule has 1 aromatic carbocycles. The van der Waals surface area contributed by atoms with Gasteiger partial charge in [0.15, 0.2) is 11.6 Å². The molecule has 0 radical (unpaired) electrons. The first-order valence-electron chi connectivity index (χ1n) is 5.82. The van der Waals surface area contributed by atoms with E-state index < -0.39 is 5.82 Å². The van der Waals surface area contributed by atoms with Crippen LogP contribution in [0.25, 0.3) is 10.9 Å². The third-order valence-corrected chi connectivity index (χ3v) is 3.67. The molecule has 0 fully saturated rings. The zero-order valence-electron chi connectivity index (χ0n) is 10.4. The SMILES string of the molecule is N#Cc1cc(Oc2c(F)cc3c(ccn3O)c2Br)ccn1. The third kappa shape index (κ3) is 2.30. The Kier molecular flexibility index (Phi) is 3.23. The van der Waals surface area contributed by atoms with Crippen LogP contribution in [0.15, 0.2) is 41.1 Å². The summed E-state index contributed by atoms with van der Waals surface area (Å²) >= 11 is 3.27. The summed E-state index contributed by atoms with van der Waals surface area (Å²) in [6.07, 6.45) is 2.81. The molecule has 0 aliphatic carbocycles. The molecular formula is C14H7BrFN3O2. The van der Waals surface area contributed by atoms with Crippen LogP contribution in [0.2, 0.25) is 0 Å². The summed E-state index contributed by atoms with van der Waals surface area (Å²) in [6.45, 7) is 0. The lowest BCUT2D eigenvalue weighted by Gasteiger charge is -2.10. The maximum absolute atomic E-state index is 14.1. The van der Waals surface area contributed by atoms with Gasteiger partial charge in [-0.15, -0.1) is 0 Å². The predicted octanol–water partition coefficient (Wildman–Crippen LogP) is 3.84. The van der Waals surface area contributed by atoms with Crippen molar-refractivity contribution in [2.24, 2.45) is 0 Å². The Morgan fingerprint density at radius 3 is 2.95 bits per heavy atom. The number of nitrogens with zero attached hydrogens (tertiary/aromatic N) is 3. The number of pyridine rings is 1. The molecule has 104 valence electrons. The highest BCUT2D eigenvalue weighted by Crippen LogP contribution is 2.38. The zero-order valence-corrected chi connectivity index (χ0v) is 12.0. The molecular weight excluding hydrogens is 341 g/mol. The number of nitriles is 1. The van der Waals surface area contributed by atoms with Gasteiger partial charge in [0, 0.05) is 29.9 Å². The van der Waals surface area contributed by atoms with E-state index in [1.165, 1.54) is 30.6 Å². The van der Waals surface area contributed by atoms with Crippen molar-refractivity contribution >= 4 is 26.8 Å². The molecule has 2 aromatic heterocycles. The standard InChI is InChI=1S/C14H7BrFN3O2/c15-13-10-2-4-19(20)12(10)6-11(16)14(13)21-9-1-3-18-8(5-9)7-17/h1-6,20H. The van der Waals surface area contributed by atoms with E-state index in [2.05, 4.69) is 20.9 Å². The van der Waals surface area contributed by atoms with Crippen LogP contribution in [0.3, 0.4) is 0 Å². The largest absolute Gasteiger partial charge is 0.453 e. The van der Waals surface area contributed by atoms with Crippen molar-refractivity contribution in [2.45, 2.75) is 0 Å². The molecule has 0 saturated carbocycles. The van der Waals surface area contributed by atoms with Crippen molar-refractivity contribution in [3.8, 4) is 17.6 Å². The molecule has 3 aromatic rings. The number of rotatable bonds is 2. The van der Waals surface area contributed by atoms with Gasteiger partial charge in [-0.3, -0.25) is 0 Å². The molecule has 0 spiro atoms. The average molecular weight is 348 g/mol. The number of hydrogen-bond donors (Lipinski definition) is 1. The van der Waals surface area contributed by atoms with Crippen LogP contribution in [0, 0.1) is 17.1 Å². The molecule has 21 heavy (non-hydrogen) atoms. The molecule has 0 aliphatic rings. The lowest BCUT2D eigenvalue weighted by Crippen LogP contribution is -1.94. The minimum Gasteiger partial charge on any atom is -0.453 e. The number of benzene rings is 1. The second-order valence-corrected chi connectivity index (χ2v) is 4.98. The van der Waals surface area contributed by atoms with Crippen LogP contribution in [-0.2, 0) is 0 Å². The van der Waals surface area contributed by atoms with E-state index in [1.54, 1.807) is 6.07 Å². The summed E-state index contributed by atoms with van der Waals surface area (Å²) in [7, 11) is 0. The van der Waals surface area contributed by atoms with Gasteiger partial charge in [0.1, 0.15) is 17.5 Å². The fraction of sp³-hybridized carbons (Fsp3) is 0. The lowest BCUT2D eigenvalue weighted by atomic mass is 10.2. The summed E-state index contributed by atoms with van der Waals surface area (Å²) in [5, 5.41) is 19.0. The van der Waals surface area contributed by atoms with Crippen molar-refractivity contribution in [1.29, 1.82) is 5.26 Å². The fourth-order valence-corrected chi connectivity index (χ4v) is 2.53. The van der Waals surface area contributed by atoms with Gasteiger partial charge in [-0.2, -0.15) is 9.99 Å². The first kappa shape index (κ1) is 13.4. The molecule has 3 rings (SSSR count). The van der Waals surface area contributed by atoms with E-state index in [4.69, 9.17) is 10.00 Å². The van der Waals surface area contributed by atoms with Gasteiger partial charge in [0.05, 0.1) is 9.99 Å². The molecule has 0 atom stereocenters. The lowest BCUT2D eigenvalue weighted by molar-refractivity contribution is 0.200. The van der Waals surface area contributed by atoms with E-state index >= 15 is 0 Å². The molecule has 5 nitrogen and oxygen atoms in total. The molecule has 0 amide bonds. The van der Waals surface area contributed by atoms with E-state index in [1.807, 2.05) is 6.07 Å². The van der Waals surface area contributed by atoms with Gasteiger partial charge in [0.2, 0.25) is 0 Å². The maximum Gasteiger partial charge on any atom is 0.177 e. The highest BCUT2D eigenvalue weighted by Gasteiger charge is 2.16. The predicted molar refractivity (Wildman–Crippen MR) is 75.8 cm³/mol. The fourth-order valence-electron chi connectivity index (χ4n) is 1.92. The van der Waals surface area contributed by atoms with E-state index in [9.17, 15) is 9.60 Å². The van der Waals surface area contributed by atoms with Crippen LogP contribution in [0.1, 0.15) is 5.69 Å². The number of ether oxygens (including phenoxy) is 1. The van der Waals surface area contributed by atoms with Crippen molar-refractivity contribution < 1.29 is 14.3 Å². The quantitative estimate of drug-likeness (QED) is 0.715. The van der Waals surface area contributed by atoms with Gasteiger partial charge < -0.3 is 9.94 Å². The summed E-state index contributed by atoms with van der Waals surface area (Å²) in [4.78, 5) is 3.81. The third-order valence-electron chi connectivity index (χ3n) is 2.89. The van der Waals surface area contributed by atoms with Crippen LogP contribution in [0.4, 0.5) is 4.39 Å². The first-order chi connectivity index (χ1) is 10.1. The van der Waals surface area contributed by atoms with E-state index in [-0.39, 0.29) is 11.4 Å². The molecule has 0 unspecified atom stereocenters. The second-order valence-electron chi connectivity index (χ2n) is 4.19. The van der Waals surface area contributed by atoms with Crippen molar-refractivity contribution in [2.75, 3.05) is 0 Å². The Bertz CT molecular complexity index is 886. The molecule has 0 saturated heterocycles. The average Bonchev–Trinajstić information content (AvgIpc) is 2.85. The molecule has 0 aliphatic heterocycles. The van der Waals surface area contributed by atoms with Gasteiger partial charge in [-0.1, -0.05) is 0 Å². The monoisotopic (exact) mass is 347 g/mol. The van der Waals surface area contributed by atoms with Crippen LogP contribution in [-0.4, -0.2) is 14.9 Å². The van der Waals surface area contributed by atoms with Crippen LogP contribution >= 0.6 is 15.9 Å². The smallest absolute Gasteiger partial charge is 0.177 e. The Labute approximate surface area is 126 Å². The van der Waals surface area contributed by atoms with Crippen molar-refractivity contribution in [3.05, 3.63) is 52.6 Å². The minimum atomic E-state index is -0.640. The summed E-state index contributed by atoms with van der Waals surface area (Å²) < 4.78 is 20.8. The van der Waals surface area contributed by atoms with Gasteiger partial charge in [-0.05, 0) is 28.1 Å². The number of halogens is 2. The van der Waals surface area contributed by atoms with Crippen LogP contribution in [0.5, 0.6) is 11.5 Å². The first-order valence-corrected chi connectivity index (χ1v) is 6.62. The van der Waals surface area contributed by atoms with Gasteiger partial charge >= 0.3 is 0 Å². The summed E-state index contributed by atoms with van der Waals surface area (Å²) in [5.41, 5.74) is 0.491. The molecule has 1 N–H and O–H groups in total. The zero-order chi connectivity index (χ0) is 15.0. The summed E-state index contributed by atoms with van der Waals surface area (Å²) in [5.74, 6) is -0.369. The highest BCUT2D eigenvalue weighted by atomic mass is 79.9. The number of hydrogen-bond acceptors (Lipinski definition) is 4. The topological polar surface area (TPSA) is 71.1 Å². The van der Waals surface area contributed by atoms with Gasteiger partial charge in [0.25, 0.3) is 0 Å². The minimum absolute atomic E-state index is 0.0243. The molecule has 2 heterocycles.